The van der Waals surface area contributed by atoms with Crippen molar-refractivity contribution < 1.29 is 14.3 Å². The van der Waals surface area contributed by atoms with Crippen LogP contribution in [0.15, 0.2) is 42.5 Å². The first kappa shape index (κ1) is 16.5. The van der Waals surface area contributed by atoms with E-state index in [0.717, 1.165) is 29.0 Å². The van der Waals surface area contributed by atoms with Crippen LogP contribution in [-0.4, -0.2) is 25.8 Å². The van der Waals surface area contributed by atoms with Crippen molar-refractivity contribution in [1.29, 1.82) is 0 Å². The van der Waals surface area contributed by atoms with Crippen LogP contribution in [0, 0.1) is 0 Å². The topological polar surface area (TPSA) is 59.6 Å². The third kappa shape index (κ3) is 4.55. The highest BCUT2D eigenvalue weighted by Gasteiger charge is 2.11. The van der Waals surface area contributed by atoms with E-state index in [2.05, 4.69) is 10.6 Å². The number of carbonyl (C=O) groups excluding carboxylic acids is 1. The number of urea groups is 1. The lowest BCUT2D eigenvalue weighted by Crippen LogP contribution is -2.36. The first-order chi connectivity index (χ1) is 11.7. The second-order valence-electron chi connectivity index (χ2n) is 5.47. The minimum Gasteiger partial charge on any atom is -0.486 e. The smallest absolute Gasteiger partial charge is 0.315 e. The third-order valence-corrected chi connectivity index (χ3v) is 3.88. The Morgan fingerprint density at radius 1 is 1.00 bits per heavy atom. The standard InChI is InChI=1S/C18H19ClN2O3/c19-15-3-1-2-13(10-15)6-7-20-18(22)21-12-14-4-5-16-17(11-14)24-9-8-23-16/h1-5,10-11H,6-9,12H2,(H2,20,21,22). The van der Waals surface area contributed by atoms with Gasteiger partial charge in [-0.1, -0.05) is 29.8 Å². The van der Waals surface area contributed by atoms with Gasteiger partial charge in [0.15, 0.2) is 11.5 Å². The molecule has 2 aromatic rings. The van der Waals surface area contributed by atoms with E-state index in [4.69, 9.17) is 21.1 Å². The normalized spacial score (nSPS) is 12.5. The number of ether oxygens (including phenoxy) is 2. The molecule has 0 saturated heterocycles. The lowest BCUT2D eigenvalue weighted by atomic mass is 10.1. The SMILES string of the molecule is O=C(NCCc1cccc(Cl)c1)NCc1ccc2c(c1)OCCO2. The average Bonchev–Trinajstić information content (AvgIpc) is 2.60. The van der Waals surface area contributed by atoms with Gasteiger partial charge < -0.3 is 20.1 Å². The maximum atomic E-state index is 11.9. The molecule has 0 aliphatic carbocycles. The van der Waals surface area contributed by atoms with Gasteiger partial charge in [-0.15, -0.1) is 0 Å². The predicted molar refractivity (Wildman–Crippen MR) is 92.8 cm³/mol. The zero-order chi connectivity index (χ0) is 16.8. The Kier molecular flexibility index (Phi) is 5.43. The summed E-state index contributed by atoms with van der Waals surface area (Å²) in [5.74, 6) is 1.47. The molecule has 0 fully saturated rings. The fourth-order valence-electron chi connectivity index (χ4n) is 2.46. The van der Waals surface area contributed by atoms with E-state index in [1.807, 2.05) is 42.5 Å². The molecule has 1 aliphatic rings. The molecule has 1 aliphatic heterocycles. The van der Waals surface area contributed by atoms with Gasteiger partial charge in [-0.25, -0.2) is 4.79 Å². The highest BCUT2D eigenvalue weighted by atomic mass is 35.5. The minimum atomic E-state index is -0.202. The molecule has 0 bridgehead atoms. The molecule has 0 radical (unpaired) electrons. The highest BCUT2D eigenvalue weighted by Crippen LogP contribution is 2.30. The number of benzene rings is 2. The van der Waals surface area contributed by atoms with Crippen molar-refractivity contribution in [2.24, 2.45) is 0 Å². The van der Waals surface area contributed by atoms with Crippen molar-refractivity contribution in [3.63, 3.8) is 0 Å². The van der Waals surface area contributed by atoms with Crippen LogP contribution in [0.2, 0.25) is 5.02 Å². The van der Waals surface area contributed by atoms with Gasteiger partial charge in [-0.3, -0.25) is 0 Å². The summed E-state index contributed by atoms with van der Waals surface area (Å²) in [4.78, 5) is 11.9. The molecule has 2 N–H and O–H groups in total. The summed E-state index contributed by atoms with van der Waals surface area (Å²) in [6.45, 7) is 2.10. The summed E-state index contributed by atoms with van der Waals surface area (Å²) in [6, 6.07) is 13.1. The van der Waals surface area contributed by atoms with Crippen LogP contribution in [0.25, 0.3) is 0 Å². The first-order valence-corrected chi connectivity index (χ1v) is 8.23. The zero-order valence-corrected chi connectivity index (χ0v) is 13.9. The molecule has 0 spiro atoms. The van der Waals surface area contributed by atoms with Crippen molar-refractivity contribution in [3.8, 4) is 11.5 Å². The molecule has 0 atom stereocenters. The number of nitrogens with one attached hydrogen (secondary N) is 2. The van der Waals surface area contributed by atoms with Gasteiger partial charge >= 0.3 is 6.03 Å². The minimum absolute atomic E-state index is 0.202. The quantitative estimate of drug-likeness (QED) is 0.874. The van der Waals surface area contributed by atoms with E-state index < -0.39 is 0 Å². The van der Waals surface area contributed by atoms with E-state index >= 15 is 0 Å². The lowest BCUT2D eigenvalue weighted by molar-refractivity contribution is 0.171. The molecular formula is C18H19ClN2O3. The van der Waals surface area contributed by atoms with Crippen LogP contribution in [0.4, 0.5) is 4.79 Å². The molecule has 1 heterocycles. The molecule has 3 rings (SSSR count). The highest BCUT2D eigenvalue weighted by molar-refractivity contribution is 6.30. The van der Waals surface area contributed by atoms with Gasteiger partial charge in [0, 0.05) is 18.1 Å². The molecule has 2 amide bonds. The summed E-state index contributed by atoms with van der Waals surface area (Å²) in [7, 11) is 0. The van der Waals surface area contributed by atoms with E-state index in [1.165, 1.54) is 0 Å². The summed E-state index contributed by atoms with van der Waals surface area (Å²) in [5, 5.41) is 6.37. The van der Waals surface area contributed by atoms with Gasteiger partial charge in [0.05, 0.1) is 0 Å². The Hall–Kier alpha value is -2.40. The number of carbonyl (C=O) groups is 1. The summed E-state index contributed by atoms with van der Waals surface area (Å²) >= 11 is 5.94. The number of amides is 2. The van der Waals surface area contributed by atoms with Gasteiger partial charge in [0.25, 0.3) is 0 Å². The molecule has 126 valence electrons. The second-order valence-corrected chi connectivity index (χ2v) is 5.90. The van der Waals surface area contributed by atoms with E-state index in [-0.39, 0.29) is 6.03 Å². The molecular weight excluding hydrogens is 328 g/mol. The van der Waals surface area contributed by atoms with Crippen LogP contribution in [0.5, 0.6) is 11.5 Å². The predicted octanol–water partition coefficient (Wildman–Crippen LogP) is 3.15. The fourth-order valence-corrected chi connectivity index (χ4v) is 2.67. The molecule has 6 heteroatoms. The van der Waals surface area contributed by atoms with Crippen molar-refractivity contribution in [3.05, 3.63) is 58.6 Å². The number of fused-ring (bicyclic) bond motifs is 1. The largest absolute Gasteiger partial charge is 0.486 e. The van der Waals surface area contributed by atoms with Crippen molar-refractivity contribution in [1.82, 2.24) is 10.6 Å². The van der Waals surface area contributed by atoms with Crippen molar-refractivity contribution >= 4 is 17.6 Å². The van der Waals surface area contributed by atoms with Crippen LogP contribution in [0.3, 0.4) is 0 Å². The third-order valence-electron chi connectivity index (χ3n) is 3.65. The summed E-state index contributed by atoms with van der Waals surface area (Å²) < 4.78 is 11.0. The number of hydrogen-bond donors (Lipinski definition) is 2. The maximum absolute atomic E-state index is 11.9. The first-order valence-electron chi connectivity index (χ1n) is 7.85. The molecule has 5 nitrogen and oxygen atoms in total. The van der Waals surface area contributed by atoms with E-state index in [0.29, 0.717) is 31.3 Å². The Balaban J connectivity index is 1.42. The van der Waals surface area contributed by atoms with Crippen molar-refractivity contribution in [2.45, 2.75) is 13.0 Å². The molecule has 0 saturated carbocycles. The van der Waals surface area contributed by atoms with Crippen LogP contribution in [0.1, 0.15) is 11.1 Å². The average molecular weight is 347 g/mol. The number of hydrogen-bond acceptors (Lipinski definition) is 3. The number of rotatable bonds is 5. The molecule has 24 heavy (non-hydrogen) atoms. The molecule has 2 aromatic carbocycles. The summed E-state index contributed by atoms with van der Waals surface area (Å²) in [5.41, 5.74) is 2.05. The van der Waals surface area contributed by atoms with E-state index in [9.17, 15) is 4.79 Å². The summed E-state index contributed by atoms with van der Waals surface area (Å²) in [6.07, 6.45) is 0.734. The lowest BCUT2D eigenvalue weighted by Gasteiger charge is -2.19. The van der Waals surface area contributed by atoms with Crippen LogP contribution < -0.4 is 20.1 Å². The maximum Gasteiger partial charge on any atom is 0.315 e. The van der Waals surface area contributed by atoms with Gasteiger partial charge in [-0.2, -0.15) is 0 Å². The van der Waals surface area contributed by atoms with Gasteiger partial charge in [0.2, 0.25) is 0 Å². The van der Waals surface area contributed by atoms with Crippen LogP contribution in [-0.2, 0) is 13.0 Å². The van der Waals surface area contributed by atoms with Crippen molar-refractivity contribution in [2.75, 3.05) is 19.8 Å². The Labute approximate surface area is 145 Å². The fraction of sp³-hybridized carbons (Fsp3) is 0.278. The molecule has 0 unspecified atom stereocenters. The molecule has 0 aromatic heterocycles. The van der Waals surface area contributed by atoms with Crippen LogP contribution >= 0.6 is 11.6 Å². The monoisotopic (exact) mass is 346 g/mol. The Bertz CT molecular complexity index is 721. The van der Waals surface area contributed by atoms with E-state index in [1.54, 1.807) is 0 Å². The van der Waals surface area contributed by atoms with Gasteiger partial charge in [0.1, 0.15) is 13.2 Å². The Morgan fingerprint density at radius 2 is 1.83 bits per heavy atom. The number of halogens is 1. The Morgan fingerprint density at radius 3 is 2.67 bits per heavy atom. The zero-order valence-electron chi connectivity index (χ0n) is 13.2. The van der Waals surface area contributed by atoms with Gasteiger partial charge in [-0.05, 0) is 41.8 Å². The second kappa shape index (κ2) is 7.93.